The predicted octanol–water partition coefficient (Wildman–Crippen LogP) is 3.32. The van der Waals surface area contributed by atoms with Crippen LogP contribution in [0.1, 0.15) is 10.6 Å². The summed E-state index contributed by atoms with van der Waals surface area (Å²) in [5.74, 6) is 0.852. The van der Waals surface area contributed by atoms with Crippen molar-refractivity contribution in [1.29, 1.82) is 0 Å². The van der Waals surface area contributed by atoms with Crippen LogP contribution in [0.15, 0.2) is 70.0 Å². The first-order valence-corrected chi connectivity index (χ1v) is 7.63. The van der Waals surface area contributed by atoms with Crippen LogP contribution in [0, 0.1) is 0 Å². The molecule has 0 atom stereocenters. The first-order chi connectivity index (χ1) is 11.8. The predicted molar refractivity (Wildman–Crippen MR) is 88.5 cm³/mol. The summed E-state index contributed by atoms with van der Waals surface area (Å²) in [7, 11) is 0. The topological polar surface area (TPSA) is 73.2 Å². The van der Waals surface area contributed by atoms with Crippen molar-refractivity contribution in [2.75, 3.05) is 6.54 Å². The van der Waals surface area contributed by atoms with Crippen molar-refractivity contribution < 1.29 is 13.6 Å². The lowest BCUT2D eigenvalue weighted by Crippen LogP contribution is -2.26. The summed E-state index contributed by atoms with van der Waals surface area (Å²) in [6.07, 6.45) is 5.24. The Morgan fingerprint density at radius 1 is 1.21 bits per heavy atom. The van der Waals surface area contributed by atoms with Crippen LogP contribution in [-0.2, 0) is 6.54 Å². The molecule has 0 aliphatic rings. The van der Waals surface area contributed by atoms with Crippen LogP contribution in [0.4, 0.5) is 0 Å². The van der Waals surface area contributed by atoms with Gasteiger partial charge in [-0.05, 0) is 24.3 Å². The Hall–Kier alpha value is -3.28. The molecule has 0 fully saturated rings. The van der Waals surface area contributed by atoms with Crippen molar-refractivity contribution in [2.45, 2.75) is 6.54 Å². The quantitative estimate of drug-likeness (QED) is 0.612. The number of rotatable bonds is 5. The smallest absolute Gasteiger partial charge is 0.287 e. The van der Waals surface area contributed by atoms with Crippen LogP contribution < -0.4 is 5.32 Å². The standard InChI is InChI=1S/C18H15N3O3/c22-18(17-10-13-4-1-2-5-16(13)24-17)19-7-8-21-12-14(11-20-21)15-6-3-9-23-15/h1-6,9-12H,7-8H2,(H,19,22). The number of carbonyl (C=O) groups excluding carboxylic acids is 1. The number of nitrogens with one attached hydrogen (secondary N) is 1. The third-order valence-electron chi connectivity index (χ3n) is 3.71. The van der Waals surface area contributed by atoms with Crippen molar-refractivity contribution >= 4 is 16.9 Å². The lowest BCUT2D eigenvalue weighted by molar-refractivity contribution is 0.0926. The second-order valence-corrected chi connectivity index (χ2v) is 5.37. The fourth-order valence-electron chi connectivity index (χ4n) is 2.52. The average molecular weight is 321 g/mol. The van der Waals surface area contributed by atoms with E-state index in [1.54, 1.807) is 23.2 Å². The second-order valence-electron chi connectivity index (χ2n) is 5.37. The Morgan fingerprint density at radius 2 is 2.12 bits per heavy atom. The van der Waals surface area contributed by atoms with Gasteiger partial charge in [0.25, 0.3) is 5.91 Å². The van der Waals surface area contributed by atoms with Gasteiger partial charge in [0.1, 0.15) is 11.3 Å². The van der Waals surface area contributed by atoms with Gasteiger partial charge in [0, 0.05) is 18.1 Å². The first-order valence-electron chi connectivity index (χ1n) is 7.63. The summed E-state index contributed by atoms with van der Waals surface area (Å²) in [5, 5.41) is 8.01. The largest absolute Gasteiger partial charge is 0.464 e. The molecular weight excluding hydrogens is 306 g/mol. The van der Waals surface area contributed by atoms with E-state index in [0.717, 1.165) is 16.7 Å². The number of para-hydroxylation sites is 1. The van der Waals surface area contributed by atoms with Crippen LogP contribution in [0.3, 0.4) is 0 Å². The number of hydrogen-bond acceptors (Lipinski definition) is 4. The zero-order valence-corrected chi connectivity index (χ0v) is 12.8. The van der Waals surface area contributed by atoms with E-state index in [9.17, 15) is 4.79 Å². The molecule has 4 aromatic rings. The molecule has 0 saturated carbocycles. The molecule has 4 rings (SSSR count). The molecule has 0 saturated heterocycles. The average Bonchev–Trinajstić information content (AvgIpc) is 3.33. The van der Waals surface area contributed by atoms with Gasteiger partial charge in [0.2, 0.25) is 0 Å². The summed E-state index contributed by atoms with van der Waals surface area (Å²) >= 11 is 0. The molecule has 24 heavy (non-hydrogen) atoms. The van der Waals surface area contributed by atoms with E-state index in [4.69, 9.17) is 8.83 Å². The zero-order valence-electron chi connectivity index (χ0n) is 12.8. The maximum atomic E-state index is 12.1. The minimum atomic E-state index is -0.232. The van der Waals surface area contributed by atoms with Gasteiger partial charge in [-0.3, -0.25) is 9.48 Å². The summed E-state index contributed by atoms with van der Waals surface area (Å²) in [4.78, 5) is 12.1. The molecule has 120 valence electrons. The van der Waals surface area contributed by atoms with E-state index in [1.165, 1.54) is 0 Å². The zero-order chi connectivity index (χ0) is 16.4. The lowest BCUT2D eigenvalue weighted by atomic mass is 10.2. The SMILES string of the molecule is O=C(NCCn1cc(-c2ccco2)cn1)c1cc2ccccc2o1. The molecule has 0 bridgehead atoms. The minimum absolute atomic E-state index is 0.232. The van der Waals surface area contributed by atoms with Crippen molar-refractivity contribution in [3.63, 3.8) is 0 Å². The number of hydrogen-bond donors (Lipinski definition) is 1. The summed E-state index contributed by atoms with van der Waals surface area (Å²) in [6.45, 7) is 1.02. The van der Waals surface area contributed by atoms with Gasteiger partial charge >= 0.3 is 0 Å². The second kappa shape index (κ2) is 6.08. The number of furan rings is 2. The highest BCUT2D eigenvalue weighted by atomic mass is 16.3. The molecule has 3 heterocycles. The van der Waals surface area contributed by atoms with Crippen molar-refractivity contribution in [1.82, 2.24) is 15.1 Å². The third kappa shape index (κ3) is 2.81. The van der Waals surface area contributed by atoms with Crippen LogP contribution in [0.2, 0.25) is 0 Å². The molecule has 0 unspecified atom stereocenters. The monoisotopic (exact) mass is 321 g/mol. The molecule has 0 radical (unpaired) electrons. The highest BCUT2D eigenvalue weighted by molar-refractivity contribution is 5.96. The van der Waals surface area contributed by atoms with Gasteiger partial charge in [-0.2, -0.15) is 5.10 Å². The molecule has 0 spiro atoms. The van der Waals surface area contributed by atoms with Gasteiger partial charge in [-0.15, -0.1) is 0 Å². The van der Waals surface area contributed by atoms with Gasteiger partial charge in [0.15, 0.2) is 5.76 Å². The first kappa shape index (κ1) is 14.3. The summed E-state index contributed by atoms with van der Waals surface area (Å²) < 4.78 is 12.6. The van der Waals surface area contributed by atoms with Crippen LogP contribution in [0.5, 0.6) is 0 Å². The number of benzene rings is 1. The molecule has 0 aliphatic carbocycles. The van der Waals surface area contributed by atoms with Crippen molar-refractivity contribution in [3.05, 3.63) is 66.9 Å². The lowest BCUT2D eigenvalue weighted by Gasteiger charge is -2.03. The Kier molecular flexibility index (Phi) is 3.63. The Bertz CT molecular complexity index is 933. The molecule has 6 heteroatoms. The molecule has 1 N–H and O–H groups in total. The van der Waals surface area contributed by atoms with Crippen LogP contribution in [-0.4, -0.2) is 22.2 Å². The normalized spacial score (nSPS) is 11.0. The van der Waals surface area contributed by atoms with E-state index >= 15 is 0 Å². The number of carbonyl (C=O) groups is 1. The Balaban J connectivity index is 1.36. The van der Waals surface area contributed by atoms with E-state index in [0.29, 0.717) is 24.4 Å². The van der Waals surface area contributed by atoms with Gasteiger partial charge in [0.05, 0.1) is 24.6 Å². The third-order valence-corrected chi connectivity index (χ3v) is 3.71. The highest BCUT2D eigenvalue weighted by Gasteiger charge is 2.11. The van der Waals surface area contributed by atoms with Crippen LogP contribution in [0.25, 0.3) is 22.3 Å². The molecule has 1 aromatic carbocycles. The fourth-order valence-corrected chi connectivity index (χ4v) is 2.52. The van der Waals surface area contributed by atoms with Crippen molar-refractivity contribution in [3.8, 4) is 11.3 Å². The maximum absolute atomic E-state index is 12.1. The molecule has 1 amide bonds. The summed E-state index contributed by atoms with van der Waals surface area (Å²) in [6, 6.07) is 13.0. The van der Waals surface area contributed by atoms with E-state index in [-0.39, 0.29) is 5.91 Å². The molecule has 6 nitrogen and oxygen atoms in total. The minimum Gasteiger partial charge on any atom is -0.464 e. The van der Waals surface area contributed by atoms with E-state index < -0.39 is 0 Å². The Labute approximate surface area is 137 Å². The number of amides is 1. The van der Waals surface area contributed by atoms with E-state index in [1.807, 2.05) is 42.6 Å². The van der Waals surface area contributed by atoms with Gasteiger partial charge in [-0.25, -0.2) is 0 Å². The fraction of sp³-hybridized carbons (Fsp3) is 0.111. The number of aromatic nitrogens is 2. The van der Waals surface area contributed by atoms with Crippen LogP contribution >= 0.6 is 0 Å². The summed E-state index contributed by atoms with van der Waals surface area (Å²) in [5.41, 5.74) is 1.61. The highest BCUT2D eigenvalue weighted by Crippen LogP contribution is 2.19. The number of nitrogens with zero attached hydrogens (tertiary/aromatic N) is 2. The molecular formula is C18H15N3O3. The molecule has 3 aromatic heterocycles. The van der Waals surface area contributed by atoms with Gasteiger partial charge < -0.3 is 14.2 Å². The number of fused-ring (bicyclic) bond motifs is 1. The van der Waals surface area contributed by atoms with Crippen molar-refractivity contribution in [2.24, 2.45) is 0 Å². The van der Waals surface area contributed by atoms with E-state index in [2.05, 4.69) is 10.4 Å². The Morgan fingerprint density at radius 3 is 2.96 bits per heavy atom. The molecule has 0 aliphatic heterocycles. The van der Waals surface area contributed by atoms with Gasteiger partial charge in [-0.1, -0.05) is 18.2 Å². The maximum Gasteiger partial charge on any atom is 0.287 e.